The Morgan fingerprint density at radius 2 is 0.918 bits per heavy atom. The Morgan fingerprint density at radius 3 is 1.69 bits per heavy atom. The van der Waals surface area contributed by atoms with Crippen molar-refractivity contribution in [1.29, 1.82) is 0 Å². The van der Waals surface area contributed by atoms with E-state index in [0.717, 1.165) is 22.7 Å². The van der Waals surface area contributed by atoms with Crippen LogP contribution in [0.5, 0.6) is 0 Å². The highest BCUT2D eigenvalue weighted by molar-refractivity contribution is 7.26. The highest BCUT2D eigenvalue weighted by Crippen LogP contribution is 2.44. The summed E-state index contributed by atoms with van der Waals surface area (Å²) >= 11 is 1.88. The van der Waals surface area contributed by atoms with E-state index in [1.807, 2.05) is 11.3 Å². The Bertz CT molecular complexity index is 3540. The molecule has 61 heavy (non-hydrogen) atoms. The second kappa shape index (κ2) is 14.5. The van der Waals surface area contributed by atoms with Crippen LogP contribution in [-0.4, -0.2) is 4.57 Å². The topological polar surface area (TPSA) is 8.17 Å². The van der Waals surface area contributed by atoms with Crippen molar-refractivity contribution >= 4 is 81.1 Å². The van der Waals surface area contributed by atoms with Crippen LogP contribution in [0.25, 0.3) is 91.8 Å². The third-order valence-electron chi connectivity index (χ3n) is 12.2. The largest absolute Gasteiger partial charge is 0.310 e. The first kappa shape index (κ1) is 35.2. The van der Waals surface area contributed by atoms with Gasteiger partial charge < -0.3 is 9.47 Å². The number of rotatable bonds is 7. The number of hydrogen-bond donors (Lipinski definition) is 0. The summed E-state index contributed by atoms with van der Waals surface area (Å²) in [7, 11) is 0. The molecule has 0 aliphatic carbocycles. The molecule has 12 aromatic rings. The molecule has 286 valence electrons. The number of nitrogens with zero attached hydrogens (tertiary/aromatic N) is 2. The zero-order valence-electron chi connectivity index (χ0n) is 33.2. The molecule has 0 fully saturated rings. The molecule has 0 spiro atoms. The minimum Gasteiger partial charge on any atom is -0.310 e. The van der Waals surface area contributed by atoms with Gasteiger partial charge in [0.2, 0.25) is 0 Å². The highest BCUT2D eigenvalue weighted by atomic mass is 32.1. The summed E-state index contributed by atoms with van der Waals surface area (Å²) in [6.45, 7) is 0. The van der Waals surface area contributed by atoms with Crippen LogP contribution in [0.2, 0.25) is 0 Å². The summed E-state index contributed by atoms with van der Waals surface area (Å²) in [5, 5.41) is 7.63. The molecule has 0 aliphatic rings. The molecule has 2 nitrogen and oxygen atoms in total. The zero-order chi connectivity index (χ0) is 40.3. The van der Waals surface area contributed by atoms with Crippen molar-refractivity contribution in [3.8, 4) is 39.1 Å². The molecular weight excluding hydrogens is 757 g/mol. The van der Waals surface area contributed by atoms with E-state index in [4.69, 9.17) is 0 Å². The average Bonchev–Trinajstić information content (AvgIpc) is 3.88. The van der Waals surface area contributed by atoms with Crippen molar-refractivity contribution < 1.29 is 0 Å². The normalized spacial score (nSPS) is 11.6. The molecule has 0 saturated heterocycles. The number of benzene rings is 10. The molecule has 2 aromatic heterocycles. The van der Waals surface area contributed by atoms with Crippen molar-refractivity contribution in [3.05, 3.63) is 231 Å². The van der Waals surface area contributed by atoms with Gasteiger partial charge in [0.05, 0.1) is 16.7 Å². The Kier molecular flexibility index (Phi) is 8.39. The van der Waals surface area contributed by atoms with Crippen LogP contribution in [-0.2, 0) is 0 Å². The molecule has 0 bridgehead atoms. The van der Waals surface area contributed by atoms with Gasteiger partial charge in [0.1, 0.15) is 0 Å². The maximum atomic E-state index is 2.41. The first-order valence-corrected chi connectivity index (χ1v) is 21.6. The standard InChI is InChI=1S/C58H38N2S/c1-2-14-42-37-44(28-27-39(42)13-1)48-17-3-7-23-54(48)59(46-35-31-41(32-36-46)49-21-12-22-53-52-20-6-10-26-57(52)61-58(49)53)45-33-29-40(30-34-45)43-15-11-16-47(38-43)60-55-24-8-4-18-50(55)51-19-5-9-25-56(51)60/h1-38H. The fourth-order valence-corrected chi connectivity index (χ4v) is 10.5. The molecule has 0 amide bonds. The third-order valence-corrected chi connectivity index (χ3v) is 13.4. The van der Waals surface area contributed by atoms with E-state index in [1.165, 1.54) is 86.1 Å². The van der Waals surface area contributed by atoms with Gasteiger partial charge in [-0.2, -0.15) is 0 Å². The minimum absolute atomic E-state index is 1.09. The molecule has 12 rings (SSSR count). The van der Waals surface area contributed by atoms with Crippen molar-refractivity contribution in [2.75, 3.05) is 4.90 Å². The van der Waals surface area contributed by atoms with E-state index in [0.29, 0.717) is 0 Å². The van der Waals surface area contributed by atoms with Gasteiger partial charge in [-0.05, 0) is 105 Å². The molecule has 0 saturated carbocycles. The van der Waals surface area contributed by atoms with Crippen LogP contribution in [0.15, 0.2) is 231 Å². The fourth-order valence-electron chi connectivity index (χ4n) is 9.29. The lowest BCUT2D eigenvalue weighted by Gasteiger charge is -2.28. The maximum Gasteiger partial charge on any atom is 0.0541 e. The van der Waals surface area contributed by atoms with Crippen LogP contribution >= 0.6 is 11.3 Å². The highest BCUT2D eigenvalue weighted by Gasteiger charge is 2.19. The molecule has 10 aromatic carbocycles. The summed E-state index contributed by atoms with van der Waals surface area (Å²) in [6.07, 6.45) is 0. The van der Waals surface area contributed by atoms with Gasteiger partial charge in [0.15, 0.2) is 0 Å². The van der Waals surface area contributed by atoms with Crippen molar-refractivity contribution in [3.63, 3.8) is 0 Å². The minimum atomic E-state index is 1.09. The van der Waals surface area contributed by atoms with Crippen LogP contribution in [0.4, 0.5) is 17.1 Å². The second-order valence-electron chi connectivity index (χ2n) is 15.7. The summed E-state index contributed by atoms with van der Waals surface area (Å²) in [5.41, 5.74) is 14.1. The van der Waals surface area contributed by atoms with Crippen LogP contribution < -0.4 is 4.90 Å². The van der Waals surface area contributed by atoms with Crippen LogP contribution in [0.1, 0.15) is 0 Å². The van der Waals surface area contributed by atoms with E-state index >= 15 is 0 Å². The summed E-state index contributed by atoms with van der Waals surface area (Å²) in [5.74, 6) is 0. The summed E-state index contributed by atoms with van der Waals surface area (Å²) in [4.78, 5) is 2.41. The predicted octanol–water partition coefficient (Wildman–Crippen LogP) is 16.8. The maximum absolute atomic E-state index is 2.41. The first-order valence-electron chi connectivity index (χ1n) is 20.8. The molecular formula is C58H38N2S. The van der Waals surface area contributed by atoms with Gasteiger partial charge in [0.25, 0.3) is 0 Å². The Morgan fingerprint density at radius 1 is 0.344 bits per heavy atom. The lowest BCUT2D eigenvalue weighted by atomic mass is 9.98. The predicted molar refractivity (Wildman–Crippen MR) is 262 cm³/mol. The van der Waals surface area contributed by atoms with Crippen LogP contribution in [0.3, 0.4) is 0 Å². The smallest absolute Gasteiger partial charge is 0.0541 e. The Labute approximate surface area is 358 Å². The SMILES string of the molecule is c1cc(-c2ccc(N(c3ccc(-c4cccc5c4sc4ccccc45)cc3)c3ccccc3-c3ccc4ccccc4c3)cc2)cc(-n2c3ccccc3c3ccccc32)c1. The van der Waals surface area contributed by atoms with Crippen LogP contribution in [0, 0.1) is 0 Å². The lowest BCUT2D eigenvalue weighted by molar-refractivity contribution is 1.18. The third kappa shape index (κ3) is 6.01. The zero-order valence-corrected chi connectivity index (χ0v) is 34.1. The number of para-hydroxylation sites is 3. The lowest BCUT2D eigenvalue weighted by Crippen LogP contribution is -2.11. The van der Waals surface area contributed by atoms with Crippen molar-refractivity contribution in [2.24, 2.45) is 0 Å². The number of anilines is 3. The van der Waals surface area contributed by atoms with E-state index in [9.17, 15) is 0 Å². The Hall–Kier alpha value is -7.72. The van der Waals surface area contributed by atoms with Gasteiger partial charge in [0, 0.05) is 53.6 Å². The monoisotopic (exact) mass is 794 g/mol. The van der Waals surface area contributed by atoms with Crippen molar-refractivity contribution in [1.82, 2.24) is 4.57 Å². The fraction of sp³-hybridized carbons (Fsp3) is 0. The molecule has 2 heterocycles. The van der Waals surface area contributed by atoms with Gasteiger partial charge in [-0.15, -0.1) is 11.3 Å². The van der Waals surface area contributed by atoms with Crippen molar-refractivity contribution in [2.45, 2.75) is 0 Å². The first-order chi connectivity index (χ1) is 30.2. The van der Waals surface area contributed by atoms with E-state index in [2.05, 4.69) is 240 Å². The number of thiophene rings is 1. The molecule has 0 unspecified atom stereocenters. The van der Waals surface area contributed by atoms with Gasteiger partial charge in [-0.1, -0.05) is 164 Å². The summed E-state index contributed by atoms with van der Waals surface area (Å²) in [6, 6.07) is 84.1. The average molecular weight is 795 g/mol. The molecule has 0 radical (unpaired) electrons. The van der Waals surface area contributed by atoms with Gasteiger partial charge >= 0.3 is 0 Å². The van der Waals surface area contributed by atoms with Gasteiger partial charge in [-0.25, -0.2) is 0 Å². The number of hydrogen-bond acceptors (Lipinski definition) is 2. The quantitative estimate of drug-likeness (QED) is 0.156. The van der Waals surface area contributed by atoms with Gasteiger partial charge in [-0.3, -0.25) is 0 Å². The van der Waals surface area contributed by atoms with E-state index in [-0.39, 0.29) is 0 Å². The number of fused-ring (bicyclic) bond motifs is 7. The number of aromatic nitrogens is 1. The van der Waals surface area contributed by atoms with E-state index in [1.54, 1.807) is 0 Å². The second-order valence-corrected chi connectivity index (χ2v) is 16.8. The molecule has 0 atom stereocenters. The Balaban J connectivity index is 0.968. The molecule has 0 aliphatic heterocycles. The molecule has 0 N–H and O–H groups in total. The summed E-state index contributed by atoms with van der Waals surface area (Å²) < 4.78 is 5.03. The van der Waals surface area contributed by atoms with E-state index < -0.39 is 0 Å². The molecule has 3 heteroatoms.